The molecular formula is C13H25BN2O2. The highest BCUT2D eigenvalue weighted by Gasteiger charge is 2.33. The van der Waals surface area contributed by atoms with E-state index in [9.17, 15) is 9.90 Å². The summed E-state index contributed by atoms with van der Waals surface area (Å²) in [6.45, 7) is 2.96. The Morgan fingerprint density at radius 2 is 1.89 bits per heavy atom. The second-order valence-corrected chi connectivity index (χ2v) is 5.36. The highest BCUT2D eigenvalue weighted by atomic mass is 16.4. The monoisotopic (exact) mass is 252 g/mol. The third kappa shape index (κ3) is 4.98. The van der Waals surface area contributed by atoms with Gasteiger partial charge in [0.05, 0.1) is 7.85 Å². The lowest BCUT2D eigenvalue weighted by Gasteiger charge is -2.31. The standard InChI is InChI=1S/C13H25BN2O2/c14-8-3-2-6-13(15,12(17)18)7-11-16-9-4-1-5-10-16/h1-11,15H2,(H,17,18)/t13-/m0/s1. The number of rotatable bonds is 8. The molecule has 0 spiro atoms. The summed E-state index contributed by atoms with van der Waals surface area (Å²) in [7, 11) is 5.43. The quantitative estimate of drug-likeness (QED) is 0.506. The van der Waals surface area contributed by atoms with Gasteiger partial charge in [-0.15, -0.1) is 0 Å². The molecule has 18 heavy (non-hydrogen) atoms. The maximum absolute atomic E-state index is 11.3. The molecule has 2 radical (unpaired) electrons. The molecule has 0 bridgehead atoms. The SMILES string of the molecule is [B]CCCC[C@](N)(CCN1CCCCC1)C(=O)O. The van der Waals surface area contributed by atoms with Crippen molar-refractivity contribution in [3.05, 3.63) is 0 Å². The summed E-state index contributed by atoms with van der Waals surface area (Å²) in [5.74, 6) is -0.878. The lowest BCUT2D eigenvalue weighted by molar-refractivity contribution is -0.144. The summed E-state index contributed by atoms with van der Waals surface area (Å²) in [6, 6.07) is 0. The van der Waals surface area contributed by atoms with Crippen LogP contribution < -0.4 is 5.73 Å². The highest BCUT2D eigenvalue weighted by molar-refractivity contribution is 6.08. The van der Waals surface area contributed by atoms with Crippen LogP contribution in [0.2, 0.25) is 6.32 Å². The largest absolute Gasteiger partial charge is 0.480 e. The van der Waals surface area contributed by atoms with Crippen LogP contribution in [0.25, 0.3) is 0 Å². The van der Waals surface area contributed by atoms with Gasteiger partial charge < -0.3 is 15.7 Å². The van der Waals surface area contributed by atoms with Gasteiger partial charge in [0.15, 0.2) is 0 Å². The van der Waals surface area contributed by atoms with Crippen LogP contribution in [0.3, 0.4) is 0 Å². The van der Waals surface area contributed by atoms with Crippen LogP contribution in [-0.2, 0) is 4.79 Å². The number of nitrogens with two attached hydrogens (primary N) is 1. The predicted octanol–water partition coefficient (Wildman–Crippen LogP) is 1.40. The van der Waals surface area contributed by atoms with Crippen LogP contribution >= 0.6 is 0 Å². The van der Waals surface area contributed by atoms with Crippen molar-refractivity contribution in [2.45, 2.75) is 56.8 Å². The minimum absolute atomic E-state index is 0.521. The number of likely N-dealkylation sites (tertiary alicyclic amines) is 1. The zero-order valence-corrected chi connectivity index (χ0v) is 11.2. The molecule has 0 aliphatic carbocycles. The first-order chi connectivity index (χ1) is 8.58. The van der Waals surface area contributed by atoms with Gasteiger partial charge in [-0.05, 0) is 38.8 Å². The van der Waals surface area contributed by atoms with Crippen molar-refractivity contribution in [3.8, 4) is 0 Å². The van der Waals surface area contributed by atoms with Crippen LogP contribution in [0.15, 0.2) is 0 Å². The van der Waals surface area contributed by atoms with E-state index in [1.165, 1.54) is 19.3 Å². The number of hydrogen-bond acceptors (Lipinski definition) is 3. The predicted molar refractivity (Wildman–Crippen MR) is 73.9 cm³/mol. The van der Waals surface area contributed by atoms with Crippen molar-refractivity contribution in [1.29, 1.82) is 0 Å². The number of nitrogens with zero attached hydrogens (tertiary/aromatic N) is 1. The second-order valence-electron chi connectivity index (χ2n) is 5.36. The fourth-order valence-corrected chi connectivity index (χ4v) is 2.46. The first-order valence-electron chi connectivity index (χ1n) is 7.03. The molecular weight excluding hydrogens is 227 g/mol. The Balaban J connectivity index is 2.37. The van der Waals surface area contributed by atoms with E-state index in [-0.39, 0.29) is 0 Å². The summed E-state index contributed by atoms with van der Waals surface area (Å²) in [5.41, 5.74) is 4.95. The second kappa shape index (κ2) is 7.79. The molecule has 0 saturated carbocycles. The molecule has 4 nitrogen and oxygen atoms in total. The Morgan fingerprint density at radius 3 is 2.44 bits per heavy atom. The van der Waals surface area contributed by atoms with Crippen molar-refractivity contribution < 1.29 is 9.90 Å². The summed E-state index contributed by atoms with van der Waals surface area (Å²) >= 11 is 0. The molecule has 0 amide bonds. The number of carboxylic acids is 1. The molecule has 1 aliphatic rings. The van der Waals surface area contributed by atoms with Gasteiger partial charge in [0.1, 0.15) is 5.54 Å². The molecule has 3 N–H and O–H groups in total. The number of unbranched alkanes of at least 4 members (excludes halogenated alkanes) is 1. The third-order valence-corrected chi connectivity index (χ3v) is 3.83. The van der Waals surface area contributed by atoms with Crippen LogP contribution in [0.1, 0.15) is 44.9 Å². The van der Waals surface area contributed by atoms with Gasteiger partial charge in [0.2, 0.25) is 0 Å². The first kappa shape index (κ1) is 15.5. The maximum Gasteiger partial charge on any atom is 0.323 e. The van der Waals surface area contributed by atoms with E-state index in [4.69, 9.17) is 13.6 Å². The molecule has 0 aromatic carbocycles. The van der Waals surface area contributed by atoms with Gasteiger partial charge >= 0.3 is 5.97 Å². The van der Waals surface area contributed by atoms with Crippen molar-refractivity contribution in [2.75, 3.05) is 19.6 Å². The average Bonchev–Trinajstić information content (AvgIpc) is 2.38. The summed E-state index contributed by atoms with van der Waals surface area (Å²) in [6.07, 6.45) is 7.02. The molecule has 1 rings (SSSR count). The minimum Gasteiger partial charge on any atom is -0.480 e. The lowest BCUT2D eigenvalue weighted by atomic mass is 9.87. The van der Waals surface area contributed by atoms with E-state index in [1.807, 2.05) is 0 Å². The van der Waals surface area contributed by atoms with Crippen molar-refractivity contribution in [1.82, 2.24) is 4.90 Å². The van der Waals surface area contributed by atoms with Gasteiger partial charge in [-0.3, -0.25) is 4.79 Å². The number of piperidine rings is 1. The summed E-state index contributed by atoms with van der Waals surface area (Å²) in [5, 5.41) is 9.29. The van der Waals surface area contributed by atoms with E-state index >= 15 is 0 Å². The first-order valence-corrected chi connectivity index (χ1v) is 7.03. The van der Waals surface area contributed by atoms with Crippen LogP contribution in [-0.4, -0.2) is 49.0 Å². The highest BCUT2D eigenvalue weighted by Crippen LogP contribution is 2.19. The molecule has 0 aromatic rings. The van der Waals surface area contributed by atoms with Gasteiger partial charge in [0, 0.05) is 6.54 Å². The topological polar surface area (TPSA) is 66.6 Å². The molecule has 102 valence electrons. The molecule has 1 fully saturated rings. The summed E-state index contributed by atoms with van der Waals surface area (Å²) in [4.78, 5) is 13.6. The van der Waals surface area contributed by atoms with E-state index < -0.39 is 11.5 Å². The van der Waals surface area contributed by atoms with Gasteiger partial charge in [-0.2, -0.15) is 0 Å². The third-order valence-electron chi connectivity index (χ3n) is 3.83. The Labute approximate surface area is 111 Å². The molecule has 0 aromatic heterocycles. The van der Waals surface area contributed by atoms with Crippen LogP contribution in [0.5, 0.6) is 0 Å². The van der Waals surface area contributed by atoms with Gasteiger partial charge in [-0.1, -0.05) is 25.6 Å². The van der Waals surface area contributed by atoms with E-state index in [2.05, 4.69) is 4.90 Å². The lowest BCUT2D eigenvalue weighted by Crippen LogP contribution is -2.50. The van der Waals surface area contributed by atoms with E-state index in [0.717, 1.165) is 32.5 Å². The minimum atomic E-state index is -1.08. The van der Waals surface area contributed by atoms with Crippen molar-refractivity contribution >= 4 is 13.8 Å². The van der Waals surface area contributed by atoms with E-state index in [0.29, 0.717) is 19.2 Å². The fraction of sp³-hybridized carbons (Fsp3) is 0.923. The Bertz CT molecular complexity index is 257. The van der Waals surface area contributed by atoms with Gasteiger partial charge in [-0.25, -0.2) is 0 Å². The number of carboxylic acid groups (broad SMARTS) is 1. The molecule has 5 heteroatoms. The number of carbonyl (C=O) groups is 1. The Hall–Kier alpha value is -0.545. The average molecular weight is 252 g/mol. The Kier molecular flexibility index (Phi) is 6.72. The Morgan fingerprint density at radius 1 is 1.22 bits per heavy atom. The molecule has 1 heterocycles. The smallest absolute Gasteiger partial charge is 0.323 e. The molecule has 1 aliphatic heterocycles. The van der Waals surface area contributed by atoms with Crippen LogP contribution in [0, 0.1) is 0 Å². The number of hydrogen-bond donors (Lipinski definition) is 2. The zero-order valence-electron chi connectivity index (χ0n) is 11.2. The normalized spacial score (nSPS) is 20.5. The summed E-state index contributed by atoms with van der Waals surface area (Å²) < 4.78 is 0. The molecule has 0 unspecified atom stereocenters. The van der Waals surface area contributed by atoms with Crippen LogP contribution in [0.4, 0.5) is 0 Å². The van der Waals surface area contributed by atoms with Crippen molar-refractivity contribution in [3.63, 3.8) is 0 Å². The molecule has 1 atom stereocenters. The zero-order chi connectivity index (χ0) is 13.4. The van der Waals surface area contributed by atoms with Crippen molar-refractivity contribution in [2.24, 2.45) is 5.73 Å². The molecule has 1 saturated heterocycles. The number of aliphatic carboxylic acids is 1. The van der Waals surface area contributed by atoms with Gasteiger partial charge in [0.25, 0.3) is 0 Å². The van der Waals surface area contributed by atoms with E-state index in [1.54, 1.807) is 0 Å². The maximum atomic E-state index is 11.3. The fourth-order valence-electron chi connectivity index (χ4n) is 2.46.